The summed E-state index contributed by atoms with van der Waals surface area (Å²) in [4.78, 5) is 22.6. The monoisotopic (exact) mass is 286 g/mol. The Labute approximate surface area is 121 Å². The van der Waals surface area contributed by atoms with Gasteiger partial charge in [0.2, 0.25) is 0 Å². The molecule has 2 aromatic carbocycles. The fourth-order valence-electron chi connectivity index (χ4n) is 1.65. The minimum atomic E-state index is -1.02. The van der Waals surface area contributed by atoms with Crippen molar-refractivity contribution in [2.75, 3.05) is 0 Å². The molecule has 2 rings (SSSR count). The Balaban J connectivity index is 2.16. The molecule has 3 nitrogen and oxygen atoms in total. The second kappa shape index (κ2) is 6.17. The third kappa shape index (κ3) is 3.33. The van der Waals surface area contributed by atoms with Crippen molar-refractivity contribution < 1.29 is 14.7 Å². The molecule has 0 spiro atoms. The number of carbonyl (C=O) groups is 2. The van der Waals surface area contributed by atoms with Crippen molar-refractivity contribution in [2.24, 2.45) is 0 Å². The van der Waals surface area contributed by atoms with E-state index >= 15 is 0 Å². The number of hydrogen-bond donors (Lipinski definition) is 1. The molecule has 0 bridgehead atoms. The topological polar surface area (TPSA) is 54.4 Å². The standard InChI is InChI=1S/C16H11ClO3/c17-14-4-2-1-3-11(14)9-10-15(18)12-5-7-13(8-6-12)16(19)20/h1-10H,(H,19,20). The van der Waals surface area contributed by atoms with Gasteiger partial charge in [-0.25, -0.2) is 4.79 Å². The fraction of sp³-hybridized carbons (Fsp3) is 0. The smallest absolute Gasteiger partial charge is 0.335 e. The molecule has 0 heterocycles. The molecule has 0 aliphatic carbocycles. The highest BCUT2D eigenvalue weighted by atomic mass is 35.5. The minimum absolute atomic E-state index is 0.150. The van der Waals surface area contributed by atoms with Crippen molar-refractivity contribution in [1.82, 2.24) is 0 Å². The lowest BCUT2D eigenvalue weighted by molar-refractivity contribution is 0.0696. The Hall–Kier alpha value is -2.39. The Morgan fingerprint density at radius 2 is 1.55 bits per heavy atom. The number of carboxylic acids is 1. The first-order valence-electron chi connectivity index (χ1n) is 5.88. The van der Waals surface area contributed by atoms with Crippen LogP contribution in [0.15, 0.2) is 54.6 Å². The maximum Gasteiger partial charge on any atom is 0.335 e. The van der Waals surface area contributed by atoms with Gasteiger partial charge in [-0.2, -0.15) is 0 Å². The second-order valence-electron chi connectivity index (χ2n) is 4.10. The number of benzene rings is 2. The first-order chi connectivity index (χ1) is 9.58. The molecule has 0 aromatic heterocycles. The van der Waals surface area contributed by atoms with Gasteiger partial charge < -0.3 is 5.11 Å². The molecule has 0 radical (unpaired) electrons. The Kier molecular flexibility index (Phi) is 4.33. The van der Waals surface area contributed by atoms with Gasteiger partial charge in [-0.1, -0.05) is 41.9 Å². The molecule has 0 amide bonds. The summed E-state index contributed by atoms with van der Waals surface area (Å²) in [5.74, 6) is -1.22. The van der Waals surface area contributed by atoms with E-state index in [9.17, 15) is 9.59 Å². The number of rotatable bonds is 4. The molecule has 0 unspecified atom stereocenters. The molecular formula is C16H11ClO3. The summed E-state index contributed by atoms with van der Waals surface area (Å²) in [6.07, 6.45) is 3.05. The van der Waals surface area contributed by atoms with Crippen molar-refractivity contribution in [3.05, 3.63) is 76.3 Å². The summed E-state index contributed by atoms with van der Waals surface area (Å²) in [6, 6.07) is 13.0. The quantitative estimate of drug-likeness (QED) is 0.684. The number of halogens is 1. The van der Waals surface area contributed by atoms with E-state index in [4.69, 9.17) is 16.7 Å². The van der Waals surface area contributed by atoms with Crippen LogP contribution >= 0.6 is 11.6 Å². The summed E-state index contributed by atoms with van der Waals surface area (Å²) in [5, 5.41) is 9.35. The van der Waals surface area contributed by atoms with Gasteiger partial charge >= 0.3 is 5.97 Å². The third-order valence-corrected chi connectivity index (χ3v) is 3.08. The summed E-state index contributed by atoms with van der Waals surface area (Å²) in [5.41, 5.74) is 1.33. The van der Waals surface area contributed by atoms with Crippen molar-refractivity contribution in [3.63, 3.8) is 0 Å². The van der Waals surface area contributed by atoms with Crippen LogP contribution in [0.25, 0.3) is 6.08 Å². The largest absolute Gasteiger partial charge is 0.478 e. The zero-order chi connectivity index (χ0) is 14.5. The van der Waals surface area contributed by atoms with Gasteiger partial charge in [0.15, 0.2) is 5.78 Å². The van der Waals surface area contributed by atoms with Crippen LogP contribution in [0.3, 0.4) is 0 Å². The van der Waals surface area contributed by atoms with E-state index in [1.807, 2.05) is 12.1 Å². The molecule has 0 atom stereocenters. The van der Waals surface area contributed by atoms with Gasteiger partial charge in [-0.15, -0.1) is 0 Å². The molecule has 0 aliphatic rings. The predicted molar refractivity (Wildman–Crippen MR) is 78.2 cm³/mol. The number of carboxylic acid groups (broad SMARTS) is 1. The molecule has 2 aromatic rings. The van der Waals surface area contributed by atoms with Gasteiger partial charge in [0.25, 0.3) is 0 Å². The molecule has 4 heteroatoms. The lowest BCUT2D eigenvalue weighted by Crippen LogP contribution is -1.98. The van der Waals surface area contributed by atoms with Crippen LogP contribution in [0.5, 0.6) is 0 Å². The number of hydrogen-bond acceptors (Lipinski definition) is 2. The highest BCUT2D eigenvalue weighted by Gasteiger charge is 2.05. The second-order valence-corrected chi connectivity index (χ2v) is 4.51. The summed E-state index contributed by atoms with van der Waals surface area (Å²) in [6.45, 7) is 0. The molecular weight excluding hydrogens is 276 g/mol. The van der Waals surface area contributed by atoms with E-state index in [1.165, 1.54) is 30.3 Å². The van der Waals surface area contributed by atoms with Crippen LogP contribution in [0.4, 0.5) is 0 Å². The maximum atomic E-state index is 11.9. The van der Waals surface area contributed by atoms with Crippen LogP contribution in [-0.2, 0) is 0 Å². The summed E-state index contributed by atoms with van der Waals surface area (Å²) < 4.78 is 0. The summed E-state index contributed by atoms with van der Waals surface area (Å²) >= 11 is 5.98. The van der Waals surface area contributed by atoms with Crippen molar-refractivity contribution in [3.8, 4) is 0 Å². The normalized spacial score (nSPS) is 10.7. The highest BCUT2D eigenvalue weighted by molar-refractivity contribution is 6.32. The van der Waals surface area contributed by atoms with Crippen molar-refractivity contribution in [2.45, 2.75) is 0 Å². The number of ketones is 1. The lowest BCUT2D eigenvalue weighted by Gasteiger charge is -1.99. The Morgan fingerprint density at radius 1 is 0.950 bits per heavy atom. The van der Waals surface area contributed by atoms with Gasteiger partial charge in [-0.05, 0) is 35.9 Å². The zero-order valence-electron chi connectivity index (χ0n) is 10.4. The molecule has 0 saturated carbocycles. The van der Waals surface area contributed by atoms with Crippen LogP contribution in [0.1, 0.15) is 26.3 Å². The maximum absolute atomic E-state index is 11.9. The van der Waals surface area contributed by atoms with Gasteiger partial charge in [0.1, 0.15) is 0 Å². The van der Waals surface area contributed by atoms with E-state index in [1.54, 1.807) is 18.2 Å². The van der Waals surface area contributed by atoms with Crippen LogP contribution < -0.4 is 0 Å². The first-order valence-corrected chi connectivity index (χ1v) is 6.26. The van der Waals surface area contributed by atoms with Crippen molar-refractivity contribution >= 4 is 29.4 Å². The first kappa shape index (κ1) is 14.0. The van der Waals surface area contributed by atoms with Gasteiger partial charge in [0.05, 0.1) is 5.56 Å². The predicted octanol–water partition coefficient (Wildman–Crippen LogP) is 3.93. The number of aromatic carboxylic acids is 1. The molecule has 0 saturated heterocycles. The number of allylic oxidation sites excluding steroid dienone is 1. The molecule has 20 heavy (non-hydrogen) atoms. The lowest BCUT2D eigenvalue weighted by atomic mass is 10.1. The van der Waals surface area contributed by atoms with E-state index in [-0.39, 0.29) is 11.3 Å². The highest BCUT2D eigenvalue weighted by Crippen LogP contribution is 2.16. The van der Waals surface area contributed by atoms with Crippen LogP contribution in [0, 0.1) is 0 Å². The zero-order valence-corrected chi connectivity index (χ0v) is 11.2. The molecule has 0 aliphatic heterocycles. The van der Waals surface area contributed by atoms with E-state index in [0.29, 0.717) is 10.6 Å². The average Bonchev–Trinajstić information content (AvgIpc) is 2.46. The molecule has 100 valence electrons. The third-order valence-electron chi connectivity index (χ3n) is 2.74. The fourth-order valence-corrected chi connectivity index (χ4v) is 1.85. The molecule has 0 fully saturated rings. The Morgan fingerprint density at radius 3 is 2.15 bits per heavy atom. The Bertz CT molecular complexity index is 672. The SMILES string of the molecule is O=C(O)c1ccc(C(=O)C=Cc2ccccc2Cl)cc1. The average molecular weight is 287 g/mol. The van der Waals surface area contributed by atoms with Crippen molar-refractivity contribution in [1.29, 1.82) is 0 Å². The van der Waals surface area contributed by atoms with Gasteiger partial charge in [0, 0.05) is 10.6 Å². The van der Waals surface area contributed by atoms with E-state index < -0.39 is 5.97 Å². The van der Waals surface area contributed by atoms with E-state index in [0.717, 1.165) is 5.56 Å². The minimum Gasteiger partial charge on any atom is -0.478 e. The number of carbonyl (C=O) groups excluding carboxylic acids is 1. The van der Waals surface area contributed by atoms with Crippen LogP contribution in [-0.4, -0.2) is 16.9 Å². The molecule has 1 N–H and O–H groups in total. The van der Waals surface area contributed by atoms with E-state index in [2.05, 4.69) is 0 Å². The van der Waals surface area contributed by atoms with Crippen LogP contribution in [0.2, 0.25) is 5.02 Å². The summed E-state index contributed by atoms with van der Waals surface area (Å²) in [7, 11) is 0. The van der Waals surface area contributed by atoms with Gasteiger partial charge in [-0.3, -0.25) is 4.79 Å².